The second-order valence-electron chi connectivity index (χ2n) is 6.88. The molecule has 0 spiro atoms. The van der Waals surface area contributed by atoms with Crippen LogP contribution in [-0.2, 0) is 5.88 Å². The van der Waals surface area contributed by atoms with E-state index in [1.807, 2.05) is 0 Å². The van der Waals surface area contributed by atoms with Crippen molar-refractivity contribution in [2.45, 2.75) is 50.4 Å². The number of pyridine rings is 1. The first-order valence-corrected chi connectivity index (χ1v) is 8.37. The van der Waals surface area contributed by atoms with E-state index in [1.54, 1.807) is 0 Å². The molecule has 0 radical (unpaired) electrons. The van der Waals surface area contributed by atoms with Gasteiger partial charge in [0, 0.05) is 30.7 Å². The lowest BCUT2D eigenvalue weighted by Gasteiger charge is -2.49. The highest BCUT2D eigenvalue weighted by Gasteiger charge is 2.40. The maximum Gasteiger partial charge on any atom is 0.128 e. The van der Waals surface area contributed by atoms with Gasteiger partial charge in [0.25, 0.3) is 0 Å². The molecule has 0 saturated heterocycles. The topological polar surface area (TPSA) is 19.4 Å². The van der Waals surface area contributed by atoms with Gasteiger partial charge in [-0.05, 0) is 57.0 Å². The molecule has 1 aromatic rings. The Kier molecular flexibility index (Phi) is 5.15. The zero-order chi connectivity index (χ0) is 15.6. The third-order valence-electron chi connectivity index (χ3n) is 4.79. The highest BCUT2D eigenvalue weighted by Crippen LogP contribution is 2.37. The number of hydrogen-bond acceptors (Lipinski definition) is 3. The van der Waals surface area contributed by atoms with Crippen molar-refractivity contribution in [3.63, 3.8) is 0 Å². The summed E-state index contributed by atoms with van der Waals surface area (Å²) in [4.78, 5) is 9.50. The standard InChI is InChI=1S/C17H28ClN3/c1-13(2)15-9-14(11-18)10-16(19-15)21(5)12-17(20(3)4)7-6-8-17/h9-10,13H,6-8,11-12H2,1-5H3. The first kappa shape index (κ1) is 16.6. The summed E-state index contributed by atoms with van der Waals surface area (Å²) >= 11 is 6.05. The largest absolute Gasteiger partial charge is 0.358 e. The van der Waals surface area contributed by atoms with Crippen molar-refractivity contribution in [1.29, 1.82) is 0 Å². The minimum atomic E-state index is 0.311. The molecule has 1 saturated carbocycles. The fourth-order valence-corrected chi connectivity index (χ4v) is 3.17. The fraction of sp³-hybridized carbons (Fsp3) is 0.706. The summed E-state index contributed by atoms with van der Waals surface area (Å²) in [6, 6.07) is 4.25. The Morgan fingerprint density at radius 3 is 2.33 bits per heavy atom. The van der Waals surface area contributed by atoms with Crippen molar-refractivity contribution in [2.75, 3.05) is 32.6 Å². The van der Waals surface area contributed by atoms with Crippen LogP contribution in [0, 0.1) is 0 Å². The molecule has 0 bridgehead atoms. The van der Waals surface area contributed by atoms with Crippen LogP contribution in [-0.4, -0.2) is 43.1 Å². The van der Waals surface area contributed by atoms with Crippen LogP contribution < -0.4 is 4.90 Å². The normalized spacial score (nSPS) is 17.1. The maximum absolute atomic E-state index is 6.05. The Bertz CT molecular complexity index is 481. The number of alkyl halides is 1. The third kappa shape index (κ3) is 3.51. The second-order valence-corrected chi connectivity index (χ2v) is 7.14. The number of hydrogen-bond donors (Lipinski definition) is 0. The highest BCUT2D eigenvalue weighted by atomic mass is 35.5. The molecule has 1 aliphatic rings. The lowest BCUT2D eigenvalue weighted by molar-refractivity contribution is 0.0681. The average Bonchev–Trinajstić information content (AvgIpc) is 2.41. The average molecular weight is 310 g/mol. The quantitative estimate of drug-likeness (QED) is 0.744. The fourth-order valence-electron chi connectivity index (χ4n) is 3.02. The molecule has 0 atom stereocenters. The minimum absolute atomic E-state index is 0.311. The van der Waals surface area contributed by atoms with Gasteiger partial charge in [-0.15, -0.1) is 11.6 Å². The van der Waals surface area contributed by atoms with Crippen LogP contribution in [0.3, 0.4) is 0 Å². The van der Waals surface area contributed by atoms with Crippen molar-refractivity contribution in [1.82, 2.24) is 9.88 Å². The van der Waals surface area contributed by atoms with E-state index in [0.717, 1.165) is 23.6 Å². The van der Waals surface area contributed by atoms with Crippen molar-refractivity contribution < 1.29 is 0 Å². The Hall–Kier alpha value is -0.800. The molecule has 0 unspecified atom stereocenters. The van der Waals surface area contributed by atoms with Crippen LogP contribution in [0.2, 0.25) is 0 Å². The Balaban J connectivity index is 2.22. The predicted molar refractivity (Wildman–Crippen MR) is 91.4 cm³/mol. The lowest BCUT2D eigenvalue weighted by atomic mass is 9.75. The molecule has 0 amide bonds. The second kappa shape index (κ2) is 6.53. The lowest BCUT2D eigenvalue weighted by Crippen LogP contribution is -2.56. The van der Waals surface area contributed by atoms with Crippen LogP contribution >= 0.6 is 11.6 Å². The van der Waals surface area contributed by atoms with E-state index in [4.69, 9.17) is 16.6 Å². The van der Waals surface area contributed by atoms with E-state index >= 15 is 0 Å². The van der Waals surface area contributed by atoms with E-state index in [9.17, 15) is 0 Å². The maximum atomic E-state index is 6.05. The number of rotatable bonds is 6. The van der Waals surface area contributed by atoms with Gasteiger partial charge in [-0.1, -0.05) is 13.8 Å². The molecule has 0 N–H and O–H groups in total. The van der Waals surface area contributed by atoms with Gasteiger partial charge in [0.2, 0.25) is 0 Å². The van der Waals surface area contributed by atoms with E-state index in [1.165, 1.54) is 19.3 Å². The molecule has 1 aromatic heterocycles. The third-order valence-corrected chi connectivity index (χ3v) is 5.10. The van der Waals surface area contributed by atoms with E-state index in [2.05, 4.69) is 56.9 Å². The number of aromatic nitrogens is 1. The molecule has 21 heavy (non-hydrogen) atoms. The first-order valence-electron chi connectivity index (χ1n) is 7.83. The first-order chi connectivity index (χ1) is 9.88. The van der Waals surface area contributed by atoms with Crippen LogP contribution in [0.5, 0.6) is 0 Å². The highest BCUT2D eigenvalue weighted by molar-refractivity contribution is 6.17. The van der Waals surface area contributed by atoms with Gasteiger partial charge in [0.05, 0.1) is 0 Å². The zero-order valence-electron chi connectivity index (χ0n) is 14.0. The van der Waals surface area contributed by atoms with Gasteiger partial charge in [-0.3, -0.25) is 0 Å². The molecule has 1 heterocycles. The summed E-state index contributed by atoms with van der Waals surface area (Å²) in [5.74, 6) is 2.01. The Labute approximate surface area is 134 Å². The number of halogens is 1. The summed E-state index contributed by atoms with van der Waals surface area (Å²) in [7, 11) is 6.53. The zero-order valence-corrected chi connectivity index (χ0v) is 14.7. The van der Waals surface area contributed by atoms with Crippen molar-refractivity contribution >= 4 is 17.4 Å². The number of nitrogens with zero attached hydrogens (tertiary/aromatic N) is 3. The summed E-state index contributed by atoms with van der Waals surface area (Å²) in [5.41, 5.74) is 2.60. The van der Waals surface area contributed by atoms with Gasteiger partial charge in [0.1, 0.15) is 5.82 Å². The van der Waals surface area contributed by atoms with Gasteiger partial charge < -0.3 is 9.80 Å². The Morgan fingerprint density at radius 2 is 1.90 bits per heavy atom. The monoisotopic (exact) mass is 309 g/mol. The van der Waals surface area contributed by atoms with Crippen LogP contribution in [0.15, 0.2) is 12.1 Å². The molecule has 0 aliphatic heterocycles. The molecule has 4 heteroatoms. The van der Waals surface area contributed by atoms with E-state index in [-0.39, 0.29) is 0 Å². The van der Waals surface area contributed by atoms with Crippen molar-refractivity contribution in [2.24, 2.45) is 0 Å². The summed E-state index contributed by atoms with van der Waals surface area (Å²) < 4.78 is 0. The van der Waals surface area contributed by atoms with Gasteiger partial charge in [0.15, 0.2) is 0 Å². The molecule has 1 aliphatic carbocycles. The smallest absolute Gasteiger partial charge is 0.128 e. The molecule has 3 nitrogen and oxygen atoms in total. The molecule has 118 valence electrons. The summed E-state index contributed by atoms with van der Waals surface area (Å²) in [6.07, 6.45) is 3.88. The minimum Gasteiger partial charge on any atom is -0.358 e. The van der Waals surface area contributed by atoms with Crippen LogP contribution in [0.4, 0.5) is 5.82 Å². The predicted octanol–water partition coefficient (Wildman–Crippen LogP) is 3.86. The summed E-state index contributed by atoms with van der Waals surface area (Å²) in [6.45, 7) is 5.38. The van der Waals surface area contributed by atoms with Gasteiger partial charge >= 0.3 is 0 Å². The number of likely N-dealkylation sites (N-methyl/N-ethyl adjacent to an activating group) is 2. The van der Waals surface area contributed by atoms with Crippen LogP contribution in [0.1, 0.15) is 50.3 Å². The molecule has 2 rings (SSSR count). The SMILES string of the molecule is CC(C)c1cc(CCl)cc(N(C)CC2(N(C)C)CCC2)n1. The van der Waals surface area contributed by atoms with E-state index < -0.39 is 0 Å². The van der Waals surface area contributed by atoms with Crippen LogP contribution in [0.25, 0.3) is 0 Å². The van der Waals surface area contributed by atoms with Crippen molar-refractivity contribution in [3.05, 3.63) is 23.4 Å². The molecular weight excluding hydrogens is 282 g/mol. The summed E-state index contributed by atoms with van der Waals surface area (Å²) in [5, 5.41) is 0. The van der Waals surface area contributed by atoms with Gasteiger partial charge in [-0.2, -0.15) is 0 Å². The van der Waals surface area contributed by atoms with E-state index in [0.29, 0.717) is 17.3 Å². The number of anilines is 1. The van der Waals surface area contributed by atoms with Crippen molar-refractivity contribution in [3.8, 4) is 0 Å². The van der Waals surface area contributed by atoms with Gasteiger partial charge in [-0.25, -0.2) is 4.98 Å². The molecular formula is C17H28ClN3. The molecule has 0 aromatic carbocycles. The Morgan fingerprint density at radius 1 is 1.24 bits per heavy atom. The molecule has 1 fully saturated rings.